The van der Waals surface area contributed by atoms with Crippen LogP contribution >= 0.6 is 0 Å². The van der Waals surface area contributed by atoms with Crippen molar-refractivity contribution >= 4 is 11.6 Å². The molecule has 1 heterocycles. The van der Waals surface area contributed by atoms with Crippen LogP contribution in [0.3, 0.4) is 0 Å². The van der Waals surface area contributed by atoms with Crippen LogP contribution in [-0.2, 0) is 0 Å². The molecule has 0 saturated heterocycles. The first-order valence-corrected chi connectivity index (χ1v) is 7.63. The Morgan fingerprint density at radius 2 is 1.62 bits per heavy atom. The van der Waals surface area contributed by atoms with Gasteiger partial charge in [0.15, 0.2) is 11.6 Å². The van der Waals surface area contributed by atoms with Gasteiger partial charge in [-0.3, -0.25) is 9.59 Å². The summed E-state index contributed by atoms with van der Waals surface area (Å²) < 4.78 is 0. The van der Waals surface area contributed by atoms with Gasteiger partial charge in [0.25, 0.3) is 0 Å². The molecule has 2 unspecified atom stereocenters. The smallest absolute Gasteiger partial charge is 0.199 e. The zero-order valence-corrected chi connectivity index (χ0v) is 11.8. The lowest BCUT2D eigenvalue weighted by Crippen LogP contribution is -2.40. The summed E-state index contributed by atoms with van der Waals surface area (Å²) in [6, 6.07) is 7.45. The van der Waals surface area contributed by atoms with Crippen molar-refractivity contribution in [2.24, 2.45) is 5.92 Å². The van der Waals surface area contributed by atoms with Gasteiger partial charge in [-0.1, -0.05) is 43.2 Å². The van der Waals surface area contributed by atoms with Crippen LogP contribution in [0.5, 0.6) is 0 Å². The number of hydrogen-bond donors (Lipinski definition) is 1. The van der Waals surface area contributed by atoms with Crippen LogP contribution in [0.2, 0.25) is 0 Å². The van der Waals surface area contributed by atoms with Crippen LogP contribution in [0.15, 0.2) is 47.7 Å². The highest BCUT2D eigenvalue weighted by Crippen LogP contribution is 2.33. The molecule has 0 radical (unpaired) electrons. The molecule has 2 atom stereocenters. The van der Waals surface area contributed by atoms with Gasteiger partial charge in [0.05, 0.1) is 5.57 Å². The zero-order chi connectivity index (χ0) is 14.4. The van der Waals surface area contributed by atoms with Gasteiger partial charge in [-0.15, -0.1) is 0 Å². The van der Waals surface area contributed by atoms with Crippen LogP contribution in [-0.4, -0.2) is 17.6 Å². The summed E-state index contributed by atoms with van der Waals surface area (Å²) in [5.41, 5.74) is 2.10. The van der Waals surface area contributed by atoms with Gasteiger partial charge in [-0.2, -0.15) is 0 Å². The Hall–Kier alpha value is -2.16. The van der Waals surface area contributed by atoms with E-state index in [1.54, 1.807) is 24.3 Å². The molecular formula is C18H17NO2. The fraction of sp³-hybridized carbons (Fsp3) is 0.333. The lowest BCUT2D eigenvalue weighted by atomic mass is 9.82. The van der Waals surface area contributed by atoms with Crippen molar-refractivity contribution in [3.63, 3.8) is 0 Å². The molecule has 3 heteroatoms. The van der Waals surface area contributed by atoms with Crippen molar-refractivity contribution in [2.75, 3.05) is 0 Å². The van der Waals surface area contributed by atoms with Crippen molar-refractivity contribution in [1.29, 1.82) is 0 Å². The number of ketones is 2. The molecule has 3 nitrogen and oxygen atoms in total. The third-order valence-electron chi connectivity index (χ3n) is 4.81. The summed E-state index contributed by atoms with van der Waals surface area (Å²) in [4.78, 5) is 25.0. The molecule has 106 valence electrons. The topological polar surface area (TPSA) is 46.2 Å². The second-order valence-corrected chi connectivity index (χ2v) is 6.05. The Morgan fingerprint density at radius 3 is 2.33 bits per heavy atom. The van der Waals surface area contributed by atoms with Gasteiger partial charge >= 0.3 is 0 Å². The molecule has 21 heavy (non-hydrogen) atoms. The second kappa shape index (κ2) is 4.69. The third kappa shape index (κ3) is 1.88. The predicted octanol–water partition coefficient (Wildman–Crippen LogP) is 3.04. The van der Waals surface area contributed by atoms with Crippen LogP contribution in [0.4, 0.5) is 0 Å². The van der Waals surface area contributed by atoms with E-state index < -0.39 is 0 Å². The molecule has 1 aliphatic heterocycles. The number of Topliss-reactive ketones (excluding diaryl/α,β-unsaturated/α-hetero) is 2. The van der Waals surface area contributed by atoms with Crippen LogP contribution in [0.1, 0.15) is 46.4 Å². The van der Waals surface area contributed by atoms with Crippen molar-refractivity contribution in [2.45, 2.75) is 31.7 Å². The highest BCUT2D eigenvalue weighted by atomic mass is 16.2. The molecule has 0 amide bonds. The number of carbonyl (C=O) groups is 2. The first kappa shape index (κ1) is 12.6. The lowest BCUT2D eigenvalue weighted by Gasteiger charge is -2.34. The van der Waals surface area contributed by atoms with E-state index in [0.717, 1.165) is 6.42 Å². The first-order valence-electron chi connectivity index (χ1n) is 7.63. The molecule has 4 rings (SSSR count). The Balaban J connectivity index is 1.77. The standard InChI is InChI=1S/C18H17NO2/c20-17-12-6-2-3-7-13(12)18(21)16(17)15-10-9-11-5-1-4-8-14(11)19-15/h2-3,6-7,9-11,14,19H,1,4-5,8H2. The highest BCUT2D eigenvalue weighted by Gasteiger charge is 2.37. The summed E-state index contributed by atoms with van der Waals surface area (Å²) in [6.07, 6.45) is 8.89. The molecule has 0 aromatic heterocycles. The van der Waals surface area contributed by atoms with Crippen LogP contribution in [0, 0.1) is 5.92 Å². The van der Waals surface area contributed by atoms with E-state index in [0.29, 0.717) is 34.4 Å². The lowest BCUT2D eigenvalue weighted by molar-refractivity contribution is 0.0986. The number of rotatable bonds is 0. The maximum absolute atomic E-state index is 12.5. The monoisotopic (exact) mass is 279 g/mol. The van der Waals surface area contributed by atoms with Crippen LogP contribution in [0.25, 0.3) is 0 Å². The molecule has 0 bridgehead atoms. The second-order valence-electron chi connectivity index (χ2n) is 6.05. The minimum atomic E-state index is -0.142. The summed E-state index contributed by atoms with van der Waals surface area (Å²) in [5.74, 6) is 0.256. The molecule has 3 aliphatic rings. The van der Waals surface area contributed by atoms with Gasteiger partial charge < -0.3 is 5.32 Å². The van der Waals surface area contributed by atoms with Crippen molar-refractivity contribution in [3.8, 4) is 0 Å². The molecule has 2 aliphatic carbocycles. The number of hydrogen-bond acceptors (Lipinski definition) is 3. The fourth-order valence-electron chi connectivity index (χ4n) is 3.69. The molecule has 1 aromatic carbocycles. The molecule has 1 aromatic rings. The summed E-state index contributed by atoms with van der Waals surface area (Å²) in [6.45, 7) is 0. The van der Waals surface area contributed by atoms with Crippen molar-refractivity contribution in [1.82, 2.24) is 5.32 Å². The average Bonchev–Trinajstić information content (AvgIpc) is 2.79. The SMILES string of the molecule is O=C1C(=C2C=CC3CCCCC3N2)C(=O)c2ccccc21. The Morgan fingerprint density at radius 1 is 0.952 bits per heavy atom. The van der Waals surface area contributed by atoms with E-state index in [9.17, 15) is 9.59 Å². The number of fused-ring (bicyclic) bond motifs is 2. The molecule has 1 fully saturated rings. The van der Waals surface area contributed by atoms with E-state index in [-0.39, 0.29) is 11.6 Å². The van der Waals surface area contributed by atoms with Gasteiger partial charge in [0.2, 0.25) is 0 Å². The summed E-state index contributed by atoms with van der Waals surface area (Å²) in [5, 5.41) is 3.44. The fourth-order valence-corrected chi connectivity index (χ4v) is 3.69. The number of benzene rings is 1. The minimum absolute atomic E-state index is 0.142. The Labute approximate surface area is 123 Å². The summed E-state index contributed by atoms with van der Waals surface area (Å²) >= 11 is 0. The van der Waals surface area contributed by atoms with E-state index in [1.807, 2.05) is 6.08 Å². The minimum Gasteiger partial charge on any atom is -0.381 e. The Kier molecular flexibility index (Phi) is 2.81. The Bertz CT molecular complexity index is 662. The van der Waals surface area contributed by atoms with E-state index in [1.165, 1.54) is 19.3 Å². The van der Waals surface area contributed by atoms with Crippen molar-refractivity contribution < 1.29 is 9.59 Å². The molecule has 0 spiro atoms. The van der Waals surface area contributed by atoms with E-state index in [4.69, 9.17) is 0 Å². The molecule has 1 saturated carbocycles. The maximum atomic E-state index is 12.5. The quantitative estimate of drug-likeness (QED) is 0.586. The van der Waals surface area contributed by atoms with E-state index >= 15 is 0 Å². The first-order chi connectivity index (χ1) is 10.3. The zero-order valence-electron chi connectivity index (χ0n) is 11.8. The summed E-state index contributed by atoms with van der Waals surface area (Å²) in [7, 11) is 0. The van der Waals surface area contributed by atoms with Crippen LogP contribution < -0.4 is 5.32 Å². The number of allylic oxidation sites excluding steroid dienone is 2. The number of carbonyl (C=O) groups excluding carboxylic acids is 2. The van der Waals surface area contributed by atoms with E-state index in [2.05, 4.69) is 11.4 Å². The van der Waals surface area contributed by atoms with Gasteiger partial charge in [-0.25, -0.2) is 0 Å². The number of nitrogens with one attached hydrogen (secondary N) is 1. The normalized spacial score (nSPS) is 27.4. The van der Waals surface area contributed by atoms with Gasteiger partial charge in [0, 0.05) is 22.9 Å². The maximum Gasteiger partial charge on any atom is 0.199 e. The van der Waals surface area contributed by atoms with Crippen molar-refractivity contribution in [3.05, 3.63) is 58.8 Å². The highest BCUT2D eigenvalue weighted by molar-refractivity contribution is 6.39. The van der Waals surface area contributed by atoms with Gasteiger partial charge in [0.1, 0.15) is 0 Å². The third-order valence-corrected chi connectivity index (χ3v) is 4.81. The largest absolute Gasteiger partial charge is 0.381 e. The predicted molar refractivity (Wildman–Crippen MR) is 80.2 cm³/mol. The molecule has 1 N–H and O–H groups in total. The van der Waals surface area contributed by atoms with Gasteiger partial charge in [-0.05, 0) is 24.8 Å². The average molecular weight is 279 g/mol. The molecular weight excluding hydrogens is 262 g/mol.